The first-order chi connectivity index (χ1) is 18.4. The molecule has 0 unspecified atom stereocenters. The van der Waals surface area contributed by atoms with Crippen molar-refractivity contribution in [2.75, 3.05) is 0 Å². The van der Waals surface area contributed by atoms with E-state index in [9.17, 15) is 17.6 Å². The van der Waals surface area contributed by atoms with Gasteiger partial charge in [-0.2, -0.15) is 0 Å². The summed E-state index contributed by atoms with van der Waals surface area (Å²) in [6.07, 6.45) is 7.16. The van der Waals surface area contributed by atoms with Crippen LogP contribution < -0.4 is 0 Å². The summed E-state index contributed by atoms with van der Waals surface area (Å²) < 4.78 is 42.8. The number of halogens is 1. The molecule has 0 bridgehead atoms. The van der Waals surface area contributed by atoms with Crippen molar-refractivity contribution in [3.63, 3.8) is 0 Å². The van der Waals surface area contributed by atoms with Gasteiger partial charge in [0.2, 0.25) is 0 Å². The van der Waals surface area contributed by atoms with Crippen molar-refractivity contribution in [3.8, 4) is 5.69 Å². The number of hydrogen-bond acceptors (Lipinski definition) is 4. The second-order valence-corrected chi connectivity index (χ2v) is 12.5. The smallest absolute Gasteiger partial charge is 0.191 e. The monoisotopic (exact) mass is 526 g/mol. The van der Waals surface area contributed by atoms with Gasteiger partial charge < -0.3 is 4.57 Å². The van der Waals surface area contributed by atoms with E-state index in [1.165, 1.54) is 12.1 Å². The fourth-order valence-electron chi connectivity index (χ4n) is 5.98. The van der Waals surface area contributed by atoms with Crippen molar-refractivity contribution in [1.82, 2.24) is 9.55 Å². The summed E-state index contributed by atoms with van der Waals surface area (Å²) in [5.74, 6) is -0.482. The molecule has 1 fully saturated rings. The Kier molecular flexibility index (Phi) is 6.11. The van der Waals surface area contributed by atoms with E-state index in [1.807, 2.05) is 53.2 Å². The lowest BCUT2D eigenvalue weighted by molar-refractivity contribution is 0.0796. The van der Waals surface area contributed by atoms with E-state index in [0.717, 1.165) is 28.1 Å². The lowest BCUT2D eigenvalue weighted by Crippen LogP contribution is -2.46. The van der Waals surface area contributed by atoms with Crippen molar-refractivity contribution in [1.29, 1.82) is 0 Å². The zero-order valence-corrected chi connectivity index (χ0v) is 21.6. The van der Waals surface area contributed by atoms with Gasteiger partial charge in [-0.3, -0.25) is 9.78 Å². The highest BCUT2D eigenvalue weighted by molar-refractivity contribution is 7.91. The molecule has 2 aliphatic carbocycles. The summed E-state index contributed by atoms with van der Waals surface area (Å²) >= 11 is 0. The van der Waals surface area contributed by atoms with Crippen LogP contribution in [-0.4, -0.2) is 29.0 Å². The maximum absolute atomic E-state index is 14.2. The van der Waals surface area contributed by atoms with Crippen LogP contribution in [0.4, 0.5) is 4.39 Å². The van der Waals surface area contributed by atoms with Gasteiger partial charge in [0, 0.05) is 23.8 Å². The highest BCUT2D eigenvalue weighted by Gasteiger charge is 2.51. The highest BCUT2D eigenvalue weighted by atomic mass is 32.2. The van der Waals surface area contributed by atoms with E-state index in [1.54, 1.807) is 36.5 Å². The predicted molar refractivity (Wildman–Crippen MR) is 145 cm³/mol. The number of allylic oxidation sites excluding steroid dienone is 1. The first-order valence-electron chi connectivity index (χ1n) is 12.7. The topological polar surface area (TPSA) is 69.0 Å². The van der Waals surface area contributed by atoms with E-state index in [4.69, 9.17) is 0 Å². The third-order valence-electron chi connectivity index (χ3n) is 7.90. The summed E-state index contributed by atoms with van der Waals surface area (Å²) in [5.41, 5.74) is 3.79. The van der Waals surface area contributed by atoms with Crippen LogP contribution in [0.1, 0.15) is 46.6 Å². The number of benzene rings is 2. The number of carbonyl (C=O) groups is 1. The quantitative estimate of drug-likeness (QED) is 0.290. The molecular weight excluding hydrogens is 499 g/mol. The molecule has 6 rings (SSSR count). The van der Waals surface area contributed by atoms with Gasteiger partial charge >= 0.3 is 0 Å². The van der Waals surface area contributed by atoms with Gasteiger partial charge in [-0.05, 0) is 85.4 Å². The SMILES string of the molecule is O=C(c1ccccn1)[C@]12Cc3ccn(-c4ccc(F)cc4)c3C=C1CC[C@H](S(=O)(=O)Cc1ccccc1)C2. The number of aromatic nitrogens is 2. The number of carbonyl (C=O) groups excluding carboxylic acids is 1. The maximum atomic E-state index is 14.2. The standard InChI is InChI=1S/C31H27FN2O3S/c32-25-10-12-26(13-11-25)34-17-15-23-19-31(30(35)28-8-4-5-16-33-28)20-27(14-9-24(31)18-29(23)34)38(36,37)21-22-6-2-1-3-7-22/h1-8,10-13,15-18,27H,9,14,19-21H2/t27-,31-/m0/s1. The molecule has 1 saturated carbocycles. The average molecular weight is 527 g/mol. The van der Waals surface area contributed by atoms with Crippen LogP contribution in [0, 0.1) is 11.2 Å². The average Bonchev–Trinajstić information content (AvgIpc) is 3.34. The molecule has 0 radical (unpaired) electrons. The zero-order chi connectivity index (χ0) is 26.3. The number of nitrogens with zero attached hydrogens (tertiary/aromatic N) is 2. The molecule has 0 saturated heterocycles. The molecule has 2 heterocycles. The normalized spacial score (nSPS) is 20.8. The summed E-state index contributed by atoms with van der Waals surface area (Å²) in [6.45, 7) is 0. The lowest BCUT2D eigenvalue weighted by Gasteiger charge is -2.43. The largest absolute Gasteiger partial charge is 0.317 e. The number of ketones is 1. The third-order valence-corrected chi connectivity index (χ3v) is 10.1. The number of fused-ring (bicyclic) bond motifs is 2. The Morgan fingerprint density at radius 1 is 1.00 bits per heavy atom. The number of hydrogen-bond donors (Lipinski definition) is 0. The predicted octanol–water partition coefficient (Wildman–Crippen LogP) is 5.99. The van der Waals surface area contributed by atoms with Crippen LogP contribution in [0.3, 0.4) is 0 Å². The van der Waals surface area contributed by atoms with E-state index < -0.39 is 20.5 Å². The Morgan fingerprint density at radius 3 is 2.50 bits per heavy atom. The second-order valence-electron chi connectivity index (χ2n) is 10.2. The zero-order valence-electron chi connectivity index (χ0n) is 20.8. The summed E-state index contributed by atoms with van der Waals surface area (Å²) in [6, 6.07) is 22.7. The highest BCUT2D eigenvalue weighted by Crippen LogP contribution is 2.51. The molecule has 0 aliphatic heterocycles. The number of rotatable bonds is 6. The van der Waals surface area contributed by atoms with Gasteiger partial charge in [0.05, 0.1) is 16.4 Å². The molecule has 0 amide bonds. The van der Waals surface area contributed by atoms with Crippen LogP contribution in [0.5, 0.6) is 0 Å². The Hall–Kier alpha value is -3.84. The molecule has 0 spiro atoms. The minimum absolute atomic E-state index is 0.0440. The minimum atomic E-state index is -3.50. The molecule has 5 nitrogen and oxygen atoms in total. The fraction of sp³-hybridized carbons (Fsp3) is 0.226. The van der Waals surface area contributed by atoms with Crippen molar-refractivity contribution < 1.29 is 17.6 Å². The van der Waals surface area contributed by atoms with Crippen LogP contribution in [-0.2, 0) is 22.0 Å². The van der Waals surface area contributed by atoms with Gasteiger partial charge in [0.15, 0.2) is 15.6 Å². The van der Waals surface area contributed by atoms with Crippen LogP contribution in [0.15, 0.2) is 96.8 Å². The van der Waals surface area contributed by atoms with Gasteiger partial charge in [-0.25, -0.2) is 12.8 Å². The third kappa shape index (κ3) is 4.31. The molecule has 2 aromatic heterocycles. The lowest BCUT2D eigenvalue weighted by atomic mass is 9.61. The molecule has 2 atom stereocenters. The molecule has 38 heavy (non-hydrogen) atoms. The van der Waals surface area contributed by atoms with Gasteiger partial charge in [0.25, 0.3) is 0 Å². The Labute approximate surface area is 221 Å². The Morgan fingerprint density at radius 2 is 1.76 bits per heavy atom. The van der Waals surface area contributed by atoms with E-state index >= 15 is 0 Å². The Balaban J connectivity index is 1.41. The summed E-state index contributed by atoms with van der Waals surface area (Å²) in [5, 5.41) is -0.631. The fourth-order valence-corrected chi connectivity index (χ4v) is 7.89. The number of Topliss-reactive ketones (excluding diaryl/α,β-unsaturated/α-hetero) is 1. The van der Waals surface area contributed by atoms with Crippen LogP contribution >= 0.6 is 0 Å². The first kappa shape index (κ1) is 24.5. The van der Waals surface area contributed by atoms with Crippen molar-refractivity contribution in [2.45, 2.75) is 36.7 Å². The van der Waals surface area contributed by atoms with Gasteiger partial charge in [0.1, 0.15) is 11.5 Å². The van der Waals surface area contributed by atoms with Gasteiger partial charge in [-0.1, -0.05) is 42.0 Å². The molecule has 7 heteroatoms. The molecule has 2 aromatic carbocycles. The van der Waals surface area contributed by atoms with Gasteiger partial charge in [-0.15, -0.1) is 0 Å². The second kappa shape index (κ2) is 9.48. The number of pyridine rings is 1. The minimum Gasteiger partial charge on any atom is -0.317 e. The molecular formula is C31H27FN2O3S. The summed E-state index contributed by atoms with van der Waals surface area (Å²) in [4.78, 5) is 18.5. The van der Waals surface area contributed by atoms with Crippen molar-refractivity contribution in [3.05, 3.63) is 125 Å². The number of sulfone groups is 1. The van der Waals surface area contributed by atoms with E-state index in [-0.39, 0.29) is 23.8 Å². The molecule has 2 aliphatic rings. The maximum Gasteiger partial charge on any atom is 0.191 e. The van der Waals surface area contributed by atoms with E-state index in [0.29, 0.717) is 25.0 Å². The van der Waals surface area contributed by atoms with Crippen molar-refractivity contribution >= 4 is 21.7 Å². The molecule has 0 N–H and O–H groups in total. The van der Waals surface area contributed by atoms with E-state index in [2.05, 4.69) is 4.98 Å². The first-order valence-corrected chi connectivity index (χ1v) is 14.5. The molecule has 4 aromatic rings. The molecule has 192 valence electrons. The van der Waals surface area contributed by atoms with Crippen molar-refractivity contribution in [2.24, 2.45) is 5.41 Å². The van der Waals surface area contributed by atoms with Crippen LogP contribution in [0.25, 0.3) is 11.8 Å². The summed E-state index contributed by atoms with van der Waals surface area (Å²) in [7, 11) is -3.50. The van der Waals surface area contributed by atoms with Crippen LogP contribution in [0.2, 0.25) is 0 Å². The Bertz CT molecular complexity index is 1630.